The average Bonchev–Trinajstić information content (AvgIpc) is 2.32. The lowest BCUT2D eigenvalue weighted by Gasteiger charge is -2.36. The van der Waals surface area contributed by atoms with Crippen molar-refractivity contribution in [3.05, 3.63) is 34.9 Å². The third-order valence-corrected chi connectivity index (χ3v) is 4.08. The van der Waals surface area contributed by atoms with E-state index in [4.69, 9.17) is 11.6 Å². The van der Waals surface area contributed by atoms with Crippen LogP contribution in [0.25, 0.3) is 0 Å². The highest BCUT2D eigenvalue weighted by Gasteiger charge is 2.26. The fraction of sp³-hybridized carbons (Fsp3) is 0.533. The molecule has 0 radical (unpaired) electrons. The lowest BCUT2D eigenvalue weighted by Crippen LogP contribution is -2.40. The van der Waals surface area contributed by atoms with Gasteiger partial charge in [-0.3, -0.25) is 9.69 Å². The lowest BCUT2D eigenvalue weighted by atomic mass is 9.82. The van der Waals surface area contributed by atoms with Crippen molar-refractivity contribution in [2.45, 2.75) is 26.7 Å². The molecular formula is C15H20ClNO. The van der Waals surface area contributed by atoms with Gasteiger partial charge >= 0.3 is 0 Å². The van der Waals surface area contributed by atoms with E-state index in [2.05, 4.69) is 18.7 Å². The van der Waals surface area contributed by atoms with Crippen LogP contribution in [0.1, 0.15) is 37.0 Å². The Kier molecular flexibility index (Phi) is 4.08. The summed E-state index contributed by atoms with van der Waals surface area (Å²) in [4.78, 5) is 14.4. The normalized spacial score (nSPS) is 19.7. The highest BCUT2D eigenvalue weighted by atomic mass is 35.5. The molecule has 0 aromatic heterocycles. The Morgan fingerprint density at radius 1 is 1.28 bits per heavy atom. The summed E-state index contributed by atoms with van der Waals surface area (Å²) in [6.07, 6.45) is 2.31. The van der Waals surface area contributed by atoms with Gasteiger partial charge < -0.3 is 0 Å². The van der Waals surface area contributed by atoms with Crippen molar-refractivity contribution in [3.8, 4) is 0 Å². The first kappa shape index (κ1) is 13.6. The Balaban J connectivity index is 1.95. The third-order valence-electron chi connectivity index (χ3n) is 3.75. The number of carbonyl (C=O) groups is 1. The van der Waals surface area contributed by atoms with Gasteiger partial charge in [0.25, 0.3) is 0 Å². The predicted octanol–water partition coefficient (Wildman–Crippen LogP) is 3.64. The number of nitrogens with zero attached hydrogens (tertiary/aromatic N) is 1. The van der Waals surface area contributed by atoms with Crippen molar-refractivity contribution in [2.75, 3.05) is 19.6 Å². The monoisotopic (exact) mass is 265 g/mol. The van der Waals surface area contributed by atoms with Gasteiger partial charge in [-0.1, -0.05) is 37.6 Å². The summed E-state index contributed by atoms with van der Waals surface area (Å²) in [6.45, 7) is 7.08. The van der Waals surface area contributed by atoms with Gasteiger partial charge in [-0.05, 0) is 43.5 Å². The molecule has 1 aromatic carbocycles. The van der Waals surface area contributed by atoms with Crippen LogP contribution >= 0.6 is 11.6 Å². The lowest BCUT2D eigenvalue weighted by molar-refractivity contribution is 0.0845. The van der Waals surface area contributed by atoms with Gasteiger partial charge in [-0.25, -0.2) is 0 Å². The molecule has 1 fully saturated rings. The Bertz CT molecular complexity index is 432. The minimum absolute atomic E-state index is 0.125. The third kappa shape index (κ3) is 3.33. The van der Waals surface area contributed by atoms with Crippen LogP contribution < -0.4 is 0 Å². The molecular weight excluding hydrogens is 246 g/mol. The second-order valence-electron chi connectivity index (χ2n) is 5.84. The van der Waals surface area contributed by atoms with E-state index in [1.54, 1.807) is 12.1 Å². The van der Waals surface area contributed by atoms with Crippen molar-refractivity contribution < 1.29 is 4.79 Å². The van der Waals surface area contributed by atoms with Crippen molar-refractivity contribution in [2.24, 2.45) is 5.41 Å². The molecule has 1 heterocycles. The number of ketones is 1. The van der Waals surface area contributed by atoms with Gasteiger partial charge in [0, 0.05) is 5.56 Å². The Hall–Kier alpha value is -0.860. The Morgan fingerprint density at radius 3 is 2.50 bits per heavy atom. The Labute approximate surface area is 114 Å². The number of piperidine rings is 1. The standard InChI is InChI=1S/C15H20ClNO/c1-15(2)7-9-17(10-8-15)11-14(18)12-5-3-4-6-13(12)16/h3-6H,7-11H2,1-2H3. The summed E-state index contributed by atoms with van der Waals surface area (Å²) >= 11 is 6.04. The number of hydrogen-bond acceptors (Lipinski definition) is 2. The highest BCUT2D eigenvalue weighted by molar-refractivity contribution is 6.34. The van der Waals surface area contributed by atoms with Gasteiger partial charge in [0.05, 0.1) is 11.6 Å². The van der Waals surface area contributed by atoms with Crippen LogP contribution in [0.2, 0.25) is 5.02 Å². The number of halogens is 1. The minimum atomic E-state index is 0.125. The van der Waals surface area contributed by atoms with Crippen LogP contribution in [0, 0.1) is 5.41 Å². The van der Waals surface area contributed by atoms with Crippen molar-refractivity contribution in [1.82, 2.24) is 4.90 Å². The van der Waals surface area contributed by atoms with E-state index in [0.29, 0.717) is 22.5 Å². The molecule has 0 N–H and O–H groups in total. The van der Waals surface area contributed by atoms with Crippen molar-refractivity contribution in [3.63, 3.8) is 0 Å². The molecule has 0 bridgehead atoms. The predicted molar refractivity (Wildman–Crippen MR) is 75.2 cm³/mol. The van der Waals surface area contributed by atoms with Crippen LogP contribution in [0.3, 0.4) is 0 Å². The largest absolute Gasteiger partial charge is 0.296 e. The highest BCUT2D eigenvalue weighted by Crippen LogP contribution is 2.29. The smallest absolute Gasteiger partial charge is 0.178 e. The number of rotatable bonds is 3. The van der Waals surface area contributed by atoms with Crippen LogP contribution in [0.5, 0.6) is 0 Å². The van der Waals surface area contributed by atoms with E-state index in [0.717, 1.165) is 25.9 Å². The van der Waals surface area contributed by atoms with Gasteiger partial charge in [0.15, 0.2) is 5.78 Å². The first-order valence-electron chi connectivity index (χ1n) is 6.48. The molecule has 0 aliphatic carbocycles. The minimum Gasteiger partial charge on any atom is -0.296 e. The van der Waals surface area contributed by atoms with Gasteiger partial charge in [0.2, 0.25) is 0 Å². The molecule has 0 atom stereocenters. The fourth-order valence-electron chi connectivity index (χ4n) is 2.29. The second kappa shape index (κ2) is 5.41. The van der Waals surface area contributed by atoms with E-state index in [1.807, 2.05) is 12.1 Å². The molecule has 0 unspecified atom stereocenters. The summed E-state index contributed by atoms with van der Waals surface area (Å²) in [5.41, 5.74) is 1.06. The first-order valence-corrected chi connectivity index (χ1v) is 6.86. The Morgan fingerprint density at radius 2 is 1.89 bits per heavy atom. The van der Waals surface area contributed by atoms with Crippen LogP contribution in [0.15, 0.2) is 24.3 Å². The summed E-state index contributed by atoms with van der Waals surface area (Å²) in [6, 6.07) is 7.29. The summed E-state index contributed by atoms with van der Waals surface area (Å²) in [5.74, 6) is 0.125. The van der Waals surface area contributed by atoms with Crippen molar-refractivity contribution in [1.29, 1.82) is 0 Å². The molecule has 0 spiro atoms. The molecule has 0 saturated carbocycles. The quantitative estimate of drug-likeness (QED) is 0.778. The first-order chi connectivity index (χ1) is 8.48. The molecule has 2 nitrogen and oxygen atoms in total. The maximum absolute atomic E-state index is 12.2. The van der Waals surface area contributed by atoms with Crippen LogP contribution in [0.4, 0.5) is 0 Å². The number of Topliss-reactive ketones (excluding diaryl/α,β-unsaturated/α-hetero) is 1. The SMILES string of the molecule is CC1(C)CCN(CC(=O)c2ccccc2Cl)CC1. The zero-order valence-corrected chi connectivity index (χ0v) is 11.8. The molecule has 1 saturated heterocycles. The van der Waals surface area contributed by atoms with E-state index in [-0.39, 0.29) is 5.78 Å². The number of hydrogen-bond donors (Lipinski definition) is 0. The maximum Gasteiger partial charge on any atom is 0.178 e. The molecule has 18 heavy (non-hydrogen) atoms. The molecule has 3 heteroatoms. The molecule has 2 rings (SSSR count). The van der Waals surface area contributed by atoms with E-state index >= 15 is 0 Å². The molecule has 1 aliphatic heterocycles. The summed E-state index contributed by atoms with van der Waals surface area (Å²) in [7, 11) is 0. The van der Waals surface area contributed by atoms with E-state index < -0.39 is 0 Å². The topological polar surface area (TPSA) is 20.3 Å². The molecule has 98 valence electrons. The van der Waals surface area contributed by atoms with Crippen molar-refractivity contribution >= 4 is 17.4 Å². The maximum atomic E-state index is 12.2. The van der Waals surface area contributed by atoms with Crippen LogP contribution in [-0.2, 0) is 0 Å². The van der Waals surface area contributed by atoms with Gasteiger partial charge in [-0.2, -0.15) is 0 Å². The number of benzene rings is 1. The summed E-state index contributed by atoms with van der Waals surface area (Å²) < 4.78 is 0. The zero-order valence-electron chi connectivity index (χ0n) is 11.1. The van der Waals surface area contributed by atoms with E-state index in [9.17, 15) is 4.79 Å². The summed E-state index contributed by atoms with van der Waals surface area (Å²) in [5, 5.41) is 0.555. The molecule has 1 aliphatic rings. The molecule has 1 aromatic rings. The number of likely N-dealkylation sites (tertiary alicyclic amines) is 1. The second-order valence-corrected chi connectivity index (χ2v) is 6.25. The average molecular weight is 266 g/mol. The fourth-order valence-corrected chi connectivity index (χ4v) is 2.53. The van der Waals surface area contributed by atoms with Gasteiger partial charge in [0.1, 0.15) is 0 Å². The van der Waals surface area contributed by atoms with E-state index in [1.165, 1.54) is 0 Å². The number of carbonyl (C=O) groups excluding carboxylic acids is 1. The molecule has 0 amide bonds. The zero-order chi connectivity index (χ0) is 13.2. The van der Waals surface area contributed by atoms with Crippen LogP contribution in [-0.4, -0.2) is 30.3 Å². The van der Waals surface area contributed by atoms with Gasteiger partial charge in [-0.15, -0.1) is 0 Å².